The highest BCUT2D eigenvalue weighted by Gasteiger charge is 2.36. The molecule has 2 aromatic heterocycles. The fourth-order valence-corrected chi connectivity index (χ4v) is 3.15. The first-order chi connectivity index (χ1) is 13.5. The molecular formula is C19H13FN4O4. The van der Waals surface area contributed by atoms with Gasteiger partial charge in [0.2, 0.25) is 5.43 Å². The Bertz CT molecular complexity index is 1190. The van der Waals surface area contributed by atoms with E-state index in [-0.39, 0.29) is 28.6 Å². The fourth-order valence-electron chi connectivity index (χ4n) is 3.15. The van der Waals surface area contributed by atoms with Gasteiger partial charge in [0.05, 0.1) is 17.6 Å². The van der Waals surface area contributed by atoms with Crippen LogP contribution in [0.2, 0.25) is 0 Å². The number of aliphatic hydroxyl groups is 1. The van der Waals surface area contributed by atoms with Gasteiger partial charge < -0.3 is 25.1 Å². The maximum absolute atomic E-state index is 13.3. The van der Waals surface area contributed by atoms with E-state index in [0.29, 0.717) is 16.8 Å². The van der Waals surface area contributed by atoms with Crippen LogP contribution < -0.4 is 16.5 Å². The Kier molecular flexibility index (Phi) is 4.18. The average molecular weight is 380 g/mol. The van der Waals surface area contributed by atoms with Gasteiger partial charge in [-0.2, -0.15) is 5.26 Å². The first kappa shape index (κ1) is 17.5. The number of hydrogen-bond acceptors (Lipinski definition) is 8. The van der Waals surface area contributed by atoms with Crippen molar-refractivity contribution in [1.29, 1.82) is 5.26 Å². The average Bonchev–Trinajstić information content (AvgIpc) is 3.17. The zero-order valence-electron chi connectivity index (χ0n) is 14.3. The van der Waals surface area contributed by atoms with Gasteiger partial charge in [-0.25, -0.2) is 4.39 Å². The number of nitrogens with one attached hydrogen (secondary N) is 1. The number of aromatic nitrogens is 1. The van der Waals surface area contributed by atoms with Gasteiger partial charge in [-0.1, -0.05) is 5.16 Å². The number of anilines is 1. The lowest BCUT2D eigenvalue weighted by Crippen LogP contribution is -2.27. The minimum Gasteiger partial charge on any atom is -0.460 e. The van der Waals surface area contributed by atoms with E-state index in [1.165, 1.54) is 30.5 Å². The molecule has 0 amide bonds. The van der Waals surface area contributed by atoms with Crippen molar-refractivity contribution in [3.63, 3.8) is 0 Å². The van der Waals surface area contributed by atoms with Gasteiger partial charge >= 0.3 is 0 Å². The minimum atomic E-state index is -0.897. The van der Waals surface area contributed by atoms with Gasteiger partial charge in [0, 0.05) is 17.2 Å². The van der Waals surface area contributed by atoms with Crippen molar-refractivity contribution in [2.75, 3.05) is 5.32 Å². The summed E-state index contributed by atoms with van der Waals surface area (Å²) in [6, 6.07) is 8.72. The van der Waals surface area contributed by atoms with E-state index in [9.17, 15) is 19.6 Å². The third-order valence-electron chi connectivity index (χ3n) is 4.43. The SMILES string of the molecule is N#CC1=C(N)Nc2c(oc(CO)cc2=O)[C@@H]1c1conc1-c1ccc(F)cc1. The first-order valence-corrected chi connectivity index (χ1v) is 8.18. The molecule has 0 aliphatic carbocycles. The summed E-state index contributed by atoms with van der Waals surface area (Å²) in [4.78, 5) is 12.4. The Hall–Kier alpha value is -3.90. The summed E-state index contributed by atoms with van der Waals surface area (Å²) in [6.45, 7) is -0.495. The van der Waals surface area contributed by atoms with Crippen LogP contribution in [0.1, 0.15) is 23.0 Å². The molecule has 0 saturated heterocycles. The monoisotopic (exact) mass is 380 g/mol. The number of benzene rings is 1. The number of rotatable bonds is 3. The van der Waals surface area contributed by atoms with E-state index < -0.39 is 23.8 Å². The smallest absolute Gasteiger partial charge is 0.209 e. The predicted molar refractivity (Wildman–Crippen MR) is 95.1 cm³/mol. The van der Waals surface area contributed by atoms with Crippen LogP contribution >= 0.6 is 0 Å². The summed E-state index contributed by atoms with van der Waals surface area (Å²) in [5.74, 6) is -1.18. The highest BCUT2D eigenvalue weighted by Crippen LogP contribution is 2.42. The molecule has 0 radical (unpaired) electrons. The number of hydrogen-bond donors (Lipinski definition) is 3. The zero-order chi connectivity index (χ0) is 19.8. The van der Waals surface area contributed by atoms with E-state index in [1.54, 1.807) is 0 Å². The fraction of sp³-hybridized carbons (Fsp3) is 0.105. The van der Waals surface area contributed by atoms with Crippen LogP contribution in [0.4, 0.5) is 10.1 Å². The van der Waals surface area contributed by atoms with E-state index in [0.717, 1.165) is 6.07 Å². The number of aliphatic hydroxyl groups excluding tert-OH is 1. The molecule has 3 heterocycles. The molecule has 9 heteroatoms. The van der Waals surface area contributed by atoms with Crippen LogP contribution in [0.5, 0.6) is 0 Å². The van der Waals surface area contributed by atoms with Crippen LogP contribution in [-0.4, -0.2) is 10.3 Å². The lowest BCUT2D eigenvalue weighted by molar-refractivity contribution is 0.238. The summed E-state index contributed by atoms with van der Waals surface area (Å²) >= 11 is 0. The molecule has 3 aromatic rings. The molecule has 140 valence electrons. The molecular weight excluding hydrogens is 367 g/mol. The Morgan fingerprint density at radius 3 is 2.79 bits per heavy atom. The van der Waals surface area contributed by atoms with Crippen molar-refractivity contribution in [2.45, 2.75) is 12.5 Å². The maximum Gasteiger partial charge on any atom is 0.209 e. The Balaban J connectivity index is 1.97. The molecule has 1 atom stereocenters. The zero-order valence-corrected chi connectivity index (χ0v) is 14.3. The van der Waals surface area contributed by atoms with Crippen molar-refractivity contribution >= 4 is 5.69 Å². The molecule has 0 bridgehead atoms. The summed E-state index contributed by atoms with van der Waals surface area (Å²) in [7, 11) is 0. The second-order valence-corrected chi connectivity index (χ2v) is 6.10. The van der Waals surface area contributed by atoms with Gasteiger partial charge in [0.15, 0.2) is 0 Å². The van der Waals surface area contributed by atoms with Crippen molar-refractivity contribution in [1.82, 2.24) is 5.16 Å². The molecule has 0 saturated carbocycles. The minimum absolute atomic E-state index is 0.00435. The number of allylic oxidation sites excluding steroid dienone is 1. The Labute approximate surface area is 157 Å². The second-order valence-electron chi connectivity index (χ2n) is 6.10. The maximum atomic E-state index is 13.3. The van der Waals surface area contributed by atoms with E-state index in [2.05, 4.69) is 10.5 Å². The van der Waals surface area contributed by atoms with E-state index >= 15 is 0 Å². The Morgan fingerprint density at radius 2 is 2.11 bits per heavy atom. The van der Waals surface area contributed by atoms with Gasteiger partial charge in [-0.05, 0) is 24.3 Å². The third-order valence-corrected chi connectivity index (χ3v) is 4.43. The molecule has 4 rings (SSSR count). The number of fused-ring (bicyclic) bond motifs is 1. The summed E-state index contributed by atoms with van der Waals surface area (Å²) in [6.07, 6.45) is 1.31. The quantitative estimate of drug-likeness (QED) is 0.628. The lowest BCUT2D eigenvalue weighted by atomic mass is 9.85. The van der Waals surface area contributed by atoms with Gasteiger partial charge in [-0.15, -0.1) is 0 Å². The van der Waals surface area contributed by atoms with Crippen LogP contribution in [0.15, 0.2) is 61.7 Å². The molecule has 28 heavy (non-hydrogen) atoms. The second kappa shape index (κ2) is 6.68. The third kappa shape index (κ3) is 2.72. The molecule has 8 nitrogen and oxygen atoms in total. The van der Waals surface area contributed by atoms with Crippen molar-refractivity contribution in [3.05, 3.63) is 81.1 Å². The number of nitrogens with zero attached hydrogens (tertiary/aromatic N) is 2. The van der Waals surface area contributed by atoms with Crippen molar-refractivity contribution < 1.29 is 18.4 Å². The van der Waals surface area contributed by atoms with E-state index in [4.69, 9.17) is 14.7 Å². The molecule has 1 aliphatic rings. The van der Waals surface area contributed by atoms with Crippen LogP contribution in [0.3, 0.4) is 0 Å². The van der Waals surface area contributed by atoms with Crippen LogP contribution in [0, 0.1) is 17.1 Å². The van der Waals surface area contributed by atoms with Crippen LogP contribution in [-0.2, 0) is 6.61 Å². The number of halogens is 1. The van der Waals surface area contributed by atoms with Gasteiger partial charge in [0.25, 0.3) is 0 Å². The Morgan fingerprint density at radius 1 is 1.36 bits per heavy atom. The normalized spacial score (nSPS) is 15.7. The lowest BCUT2D eigenvalue weighted by Gasteiger charge is -2.25. The molecule has 1 aliphatic heterocycles. The van der Waals surface area contributed by atoms with Crippen molar-refractivity contribution in [2.24, 2.45) is 5.73 Å². The van der Waals surface area contributed by atoms with Gasteiger partial charge in [-0.3, -0.25) is 4.79 Å². The summed E-state index contributed by atoms with van der Waals surface area (Å²) in [5, 5.41) is 25.7. The van der Waals surface area contributed by atoms with E-state index in [1.807, 2.05) is 6.07 Å². The number of nitrogens with two attached hydrogens (primary N) is 1. The molecule has 0 spiro atoms. The largest absolute Gasteiger partial charge is 0.460 e. The predicted octanol–water partition coefficient (Wildman–Crippen LogP) is 2.18. The summed E-state index contributed by atoms with van der Waals surface area (Å²) in [5.41, 5.74) is 6.97. The highest BCUT2D eigenvalue weighted by molar-refractivity contribution is 5.70. The highest BCUT2D eigenvalue weighted by atomic mass is 19.1. The number of nitriles is 1. The van der Waals surface area contributed by atoms with Crippen LogP contribution in [0.25, 0.3) is 11.3 Å². The molecule has 0 unspecified atom stereocenters. The topological polar surface area (TPSA) is 138 Å². The molecule has 1 aromatic carbocycles. The molecule has 0 fully saturated rings. The summed E-state index contributed by atoms with van der Waals surface area (Å²) < 4.78 is 24.1. The first-order valence-electron chi connectivity index (χ1n) is 8.18. The van der Waals surface area contributed by atoms with Gasteiger partial charge in [0.1, 0.15) is 47.4 Å². The standard InChI is InChI=1S/C19H13FN4O4/c20-10-3-1-9(2-4-10)16-13(8-27-24-16)15-12(6-21)19(22)23-17-14(26)5-11(7-25)28-18(15)17/h1-5,8,15,23,25H,7,22H2/t15-/m0/s1. The van der Waals surface area contributed by atoms with Crippen molar-refractivity contribution in [3.8, 4) is 17.3 Å². The molecule has 4 N–H and O–H groups in total.